The number of benzene rings is 2. The van der Waals surface area contributed by atoms with E-state index in [2.05, 4.69) is 17.2 Å². The molecule has 0 aromatic heterocycles. The van der Waals surface area contributed by atoms with E-state index >= 15 is 0 Å². The lowest BCUT2D eigenvalue weighted by Crippen LogP contribution is -2.13. The van der Waals surface area contributed by atoms with Crippen LogP contribution in [0.1, 0.15) is 15.9 Å². The quantitative estimate of drug-likeness (QED) is 0.747. The first kappa shape index (κ1) is 14.9. The molecule has 0 heterocycles. The minimum absolute atomic E-state index is 0.105. The van der Waals surface area contributed by atoms with Crippen molar-refractivity contribution < 1.29 is 15.0 Å². The number of phenols is 1. The van der Waals surface area contributed by atoms with Crippen molar-refractivity contribution in [3.8, 4) is 17.6 Å². The van der Waals surface area contributed by atoms with E-state index in [0.29, 0.717) is 16.3 Å². The van der Waals surface area contributed by atoms with Gasteiger partial charge in [-0.25, -0.2) is 0 Å². The highest BCUT2D eigenvalue weighted by Gasteiger charge is 2.12. The van der Waals surface area contributed by atoms with E-state index in [4.69, 9.17) is 16.7 Å². The van der Waals surface area contributed by atoms with Crippen molar-refractivity contribution in [3.05, 3.63) is 58.6 Å². The van der Waals surface area contributed by atoms with Gasteiger partial charge in [0.2, 0.25) is 0 Å². The maximum absolute atomic E-state index is 12.1. The number of halogens is 1. The molecule has 0 spiro atoms. The monoisotopic (exact) mass is 301 g/mol. The number of carbonyl (C=O) groups is 1. The Morgan fingerprint density at radius 2 is 2.00 bits per heavy atom. The summed E-state index contributed by atoms with van der Waals surface area (Å²) in [6.07, 6.45) is 0. The van der Waals surface area contributed by atoms with Crippen molar-refractivity contribution in [1.82, 2.24) is 0 Å². The molecule has 0 bridgehead atoms. The van der Waals surface area contributed by atoms with Gasteiger partial charge in [0.1, 0.15) is 12.4 Å². The molecule has 2 aromatic rings. The number of aromatic hydroxyl groups is 1. The van der Waals surface area contributed by atoms with Crippen LogP contribution in [-0.4, -0.2) is 22.7 Å². The van der Waals surface area contributed by atoms with Crippen LogP contribution >= 0.6 is 11.6 Å². The molecular weight excluding hydrogens is 290 g/mol. The Morgan fingerprint density at radius 1 is 1.24 bits per heavy atom. The lowest BCUT2D eigenvalue weighted by atomic mass is 10.1. The molecule has 0 aliphatic carbocycles. The maximum atomic E-state index is 12.1. The minimum atomic E-state index is -0.456. The average Bonchev–Trinajstić information content (AvgIpc) is 2.47. The molecule has 21 heavy (non-hydrogen) atoms. The molecule has 0 unspecified atom stereocenters. The maximum Gasteiger partial charge on any atom is 0.259 e. The number of para-hydroxylation sites is 1. The normalized spacial score (nSPS) is 9.62. The summed E-state index contributed by atoms with van der Waals surface area (Å²) in [7, 11) is 0. The van der Waals surface area contributed by atoms with Gasteiger partial charge in [-0.15, -0.1) is 0 Å². The zero-order chi connectivity index (χ0) is 15.2. The Morgan fingerprint density at radius 3 is 2.71 bits per heavy atom. The zero-order valence-corrected chi connectivity index (χ0v) is 11.7. The van der Waals surface area contributed by atoms with Crippen LogP contribution in [0.5, 0.6) is 5.75 Å². The van der Waals surface area contributed by atoms with Gasteiger partial charge in [-0.3, -0.25) is 4.79 Å². The van der Waals surface area contributed by atoms with Gasteiger partial charge < -0.3 is 15.5 Å². The number of rotatable bonds is 2. The number of aliphatic hydroxyl groups is 1. The number of amides is 1. The van der Waals surface area contributed by atoms with Crippen LogP contribution < -0.4 is 5.32 Å². The van der Waals surface area contributed by atoms with E-state index < -0.39 is 5.91 Å². The van der Waals surface area contributed by atoms with E-state index in [0.717, 1.165) is 0 Å². The molecular formula is C16H12ClNO3. The highest BCUT2D eigenvalue weighted by Crippen LogP contribution is 2.22. The fraction of sp³-hybridized carbons (Fsp3) is 0.0625. The molecule has 0 atom stereocenters. The van der Waals surface area contributed by atoms with Crippen molar-refractivity contribution in [2.75, 3.05) is 11.9 Å². The third kappa shape index (κ3) is 3.76. The molecule has 0 saturated heterocycles. The molecule has 0 radical (unpaired) electrons. The Balaban J connectivity index is 2.31. The molecule has 4 nitrogen and oxygen atoms in total. The summed E-state index contributed by atoms with van der Waals surface area (Å²) in [6.45, 7) is -0.292. The molecule has 0 aliphatic heterocycles. The van der Waals surface area contributed by atoms with Gasteiger partial charge in [-0.05, 0) is 30.3 Å². The highest BCUT2D eigenvalue weighted by molar-refractivity contribution is 6.30. The number of anilines is 1. The second-order valence-electron chi connectivity index (χ2n) is 4.12. The van der Waals surface area contributed by atoms with Gasteiger partial charge in [0.25, 0.3) is 5.91 Å². The SMILES string of the molecule is O=C(Nc1ccc(Cl)cc1C#CCO)c1ccccc1O. The Hall–Kier alpha value is -2.48. The number of carbonyl (C=O) groups excluding carboxylic acids is 1. The largest absolute Gasteiger partial charge is 0.507 e. The van der Waals surface area contributed by atoms with Gasteiger partial charge in [0.05, 0.1) is 11.3 Å². The van der Waals surface area contributed by atoms with Gasteiger partial charge in [-0.2, -0.15) is 0 Å². The second kappa shape index (κ2) is 6.80. The predicted octanol–water partition coefficient (Wildman–Crippen LogP) is 2.64. The number of phenolic OH excluding ortho intramolecular Hbond substituents is 1. The predicted molar refractivity (Wildman–Crippen MR) is 81.5 cm³/mol. The summed E-state index contributed by atoms with van der Waals surface area (Å²) < 4.78 is 0. The van der Waals surface area contributed by atoms with Crippen LogP contribution in [0.15, 0.2) is 42.5 Å². The molecule has 106 valence electrons. The van der Waals surface area contributed by atoms with Crippen molar-refractivity contribution in [3.63, 3.8) is 0 Å². The smallest absolute Gasteiger partial charge is 0.259 e. The van der Waals surface area contributed by atoms with Gasteiger partial charge in [-0.1, -0.05) is 35.6 Å². The van der Waals surface area contributed by atoms with Crippen LogP contribution in [-0.2, 0) is 0 Å². The molecule has 0 fully saturated rings. The summed E-state index contributed by atoms with van der Waals surface area (Å²) in [6, 6.07) is 11.1. The van der Waals surface area contributed by atoms with Crippen LogP contribution in [0.3, 0.4) is 0 Å². The zero-order valence-electron chi connectivity index (χ0n) is 10.9. The first-order valence-electron chi connectivity index (χ1n) is 6.10. The van der Waals surface area contributed by atoms with Crippen molar-refractivity contribution >= 4 is 23.2 Å². The summed E-state index contributed by atoms with van der Waals surface area (Å²) in [5.74, 6) is 4.66. The number of hydrogen-bond donors (Lipinski definition) is 3. The highest BCUT2D eigenvalue weighted by atomic mass is 35.5. The molecule has 3 N–H and O–H groups in total. The van der Waals surface area contributed by atoms with Crippen LogP contribution in [0, 0.1) is 11.8 Å². The molecule has 0 aliphatic rings. The summed E-state index contributed by atoms with van der Waals surface area (Å²) in [5.41, 5.74) is 1.10. The van der Waals surface area contributed by atoms with E-state index in [1.165, 1.54) is 12.1 Å². The second-order valence-corrected chi connectivity index (χ2v) is 4.56. The van der Waals surface area contributed by atoms with Gasteiger partial charge in [0.15, 0.2) is 0 Å². The summed E-state index contributed by atoms with van der Waals surface area (Å²) in [4.78, 5) is 12.1. The fourth-order valence-corrected chi connectivity index (χ4v) is 1.89. The van der Waals surface area contributed by atoms with Crippen LogP contribution in [0.2, 0.25) is 5.02 Å². The lowest BCUT2D eigenvalue weighted by molar-refractivity contribution is 0.102. The summed E-state index contributed by atoms with van der Waals surface area (Å²) >= 11 is 5.89. The Bertz CT molecular complexity index is 732. The fourth-order valence-electron chi connectivity index (χ4n) is 1.72. The third-order valence-corrected chi connectivity index (χ3v) is 2.92. The van der Waals surface area contributed by atoms with Crippen molar-refractivity contribution in [2.24, 2.45) is 0 Å². The molecule has 0 saturated carbocycles. The number of hydrogen-bond acceptors (Lipinski definition) is 3. The molecule has 5 heteroatoms. The number of nitrogens with one attached hydrogen (secondary N) is 1. The average molecular weight is 302 g/mol. The Labute approximate surface area is 127 Å². The van der Waals surface area contributed by atoms with E-state index in [1.807, 2.05) is 0 Å². The van der Waals surface area contributed by atoms with Gasteiger partial charge in [0, 0.05) is 10.6 Å². The standard InChI is InChI=1S/C16H12ClNO3/c17-12-7-8-14(11(10-12)4-3-9-19)18-16(21)13-5-1-2-6-15(13)20/h1-2,5-8,10,19-20H,9H2,(H,18,21). The summed E-state index contributed by atoms with van der Waals surface area (Å²) in [5, 5.41) is 21.6. The van der Waals surface area contributed by atoms with Crippen LogP contribution in [0.25, 0.3) is 0 Å². The Kier molecular flexibility index (Phi) is 4.83. The van der Waals surface area contributed by atoms with E-state index in [-0.39, 0.29) is 17.9 Å². The van der Waals surface area contributed by atoms with Crippen molar-refractivity contribution in [1.29, 1.82) is 0 Å². The molecule has 2 aromatic carbocycles. The van der Waals surface area contributed by atoms with E-state index in [9.17, 15) is 9.90 Å². The van der Waals surface area contributed by atoms with E-state index in [1.54, 1.807) is 30.3 Å². The van der Waals surface area contributed by atoms with Crippen LogP contribution in [0.4, 0.5) is 5.69 Å². The number of aliphatic hydroxyl groups excluding tert-OH is 1. The van der Waals surface area contributed by atoms with Crippen molar-refractivity contribution in [2.45, 2.75) is 0 Å². The van der Waals surface area contributed by atoms with Gasteiger partial charge >= 0.3 is 0 Å². The molecule has 2 rings (SSSR count). The third-order valence-electron chi connectivity index (χ3n) is 2.68. The minimum Gasteiger partial charge on any atom is -0.507 e. The topological polar surface area (TPSA) is 69.6 Å². The first-order valence-corrected chi connectivity index (χ1v) is 6.48. The molecule has 1 amide bonds. The first-order chi connectivity index (χ1) is 10.1. The lowest BCUT2D eigenvalue weighted by Gasteiger charge is -2.09.